The molecule has 0 fully saturated rings. The lowest BCUT2D eigenvalue weighted by Crippen LogP contribution is -2.14. The summed E-state index contributed by atoms with van der Waals surface area (Å²) in [6, 6.07) is 5.01. The SMILES string of the molecule is CC(Cl)OC(=O)Cl.CC(Cl)OC(=O)Oc1ccc([N+](=O)[O-])cc1. The second-order valence-electron chi connectivity index (χ2n) is 3.66. The van der Waals surface area contributed by atoms with E-state index in [0.717, 1.165) is 0 Å². The van der Waals surface area contributed by atoms with E-state index in [2.05, 4.69) is 9.47 Å². The van der Waals surface area contributed by atoms with Crippen molar-refractivity contribution in [3.8, 4) is 5.75 Å². The van der Waals surface area contributed by atoms with Crippen molar-refractivity contribution >= 4 is 52.1 Å². The Kier molecular flexibility index (Phi) is 10.0. The van der Waals surface area contributed by atoms with Gasteiger partial charge in [-0.25, -0.2) is 9.59 Å². The van der Waals surface area contributed by atoms with Crippen LogP contribution in [0, 0.1) is 10.1 Å². The predicted octanol–water partition coefficient (Wildman–Crippen LogP) is 4.64. The third-order valence-corrected chi connectivity index (χ3v) is 2.03. The van der Waals surface area contributed by atoms with Crippen LogP contribution < -0.4 is 4.74 Å². The molecule has 0 bridgehead atoms. The first-order chi connectivity index (χ1) is 10.6. The van der Waals surface area contributed by atoms with E-state index >= 15 is 0 Å². The average molecular weight is 389 g/mol. The Morgan fingerprint density at radius 2 is 1.57 bits per heavy atom. The number of hydrogen-bond acceptors (Lipinski definition) is 7. The van der Waals surface area contributed by atoms with E-state index in [1.165, 1.54) is 38.1 Å². The molecule has 0 aliphatic heterocycles. The first-order valence-electron chi connectivity index (χ1n) is 5.89. The molecule has 1 aromatic carbocycles. The largest absolute Gasteiger partial charge is 0.515 e. The number of alkyl halides is 2. The third-order valence-electron chi connectivity index (χ3n) is 1.76. The highest BCUT2D eigenvalue weighted by Gasteiger charge is 2.10. The Morgan fingerprint density at radius 3 is 1.87 bits per heavy atom. The molecule has 2 atom stereocenters. The molecular formula is C12H12Cl3NO7. The van der Waals surface area contributed by atoms with Gasteiger partial charge in [0, 0.05) is 23.7 Å². The number of nitro benzene ring substituents is 1. The fourth-order valence-corrected chi connectivity index (χ4v) is 1.35. The van der Waals surface area contributed by atoms with Crippen LogP contribution in [-0.4, -0.2) is 27.6 Å². The number of halogens is 3. The number of nitro groups is 1. The Morgan fingerprint density at radius 1 is 1.09 bits per heavy atom. The van der Waals surface area contributed by atoms with E-state index in [1.807, 2.05) is 0 Å². The zero-order valence-electron chi connectivity index (χ0n) is 11.9. The summed E-state index contributed by atoms with van der Waals surface area (Å²) in [5.41, 5.74) is -2.40. The fourth-order valence-electron chi connectivity index (χ4n) is 1.02. The van der Waals surface area contributed by atoms with Crippen molar-refractivity contribution < 1.29 is 28.7 Å². The second kappa shape index (κ2) is 10.9. The van der Waals surface area contributed by atoms with Crippen molar-refractivity contribution in [3.05, 3.63) is 34.4 Å². The van der Waals surface area contributed by atoms with Gasteiger partial charge in [0.25, 0.3) is 5.69 Å². The minimum atomic E-state index is -0.962. The number of carbonyl (C=O) groups excluding carboxylic acids is 2. The van der Waals surface area contributed by atoms with Crippen LogP contribution in [0.3, 0.4) is 0 Å². The van der Waals surface area contributed by atoms with Gasteiger partial charge in [-0.1, -0.05) is 23.2 Å². The quantitative estimate of drug-likeness (QED) is 0.185. The van der Waals surface area contributed by atoms with E-state index in [0.29, 0.717) is 0 Å². The summed E-state index contributed by atoms with van der Waals surface area (Å²) >= 11 is 15.3. The van der Waals surface area contributed by atoms with Crippen LogP contribution in [0.1, 0.15) is 13.8 Å². The fraction of sp³-hybridized carbons (Fsp3) is 0.333. The molecule has 0 aromatic heterocycles. The van der Waals surface area contributed by atoms with Gasteiger partial charge in [-0.2, -0.15) is 0 Å². The van der Waals surface area contributed by atoms with Crippen LogP contribution in [-0.2, 0) is 9.47 Å². The van der Waals surface area contributed by atoms with Gasteiger partial charge in [-0.3, -0.25) is 10.1 Å². The monoisotopic (exact) mass is 387 g/mol. The second-order valence-corrected chi connectivity index (χ2v) is 5.20. The highest BCUT2D eigenvalue weighted by atomic mass is 35.5. The van der Waals surface area contributed by atoms with Crippen LogP contribution in [0.25, 0.3) is 0 Å². The van der Waals surface area contributed by atoms with Crippen molar-refractivity contribution in [2.75, 3.05) is 0 Å². The number of nitrogens with zero attached hydrogens (tertiary/aromatic N) is 1. The molecule has 1 aromatic rings. The van der Waals surface area contributed by atoms with E-state index in [1.54, 1.807) is 0 Å². The van der Waals surface area contributed by atoms with Crippen LogP contribution >= 0.6 is 34.8 Å². The number of rotatable bonds is 4. The van der Waals surface area contributed by atoms with Crippen molar-refractivity contribution in [2.45, 2.75) is 25.0 Å². The van der Waals surface area contributed by atoms with Gasteiger partial charge >= 0.3 is 11.6 Å². The maximum Gasteiger partial charge on any atom is 0.515 e. The summed E-state index contributed by atoms with van der Waals surface area (Å²) in [5, 5.41) is 10.3. The number of benzene rings is 1. The first kappa shape index (κ1) is 21.2. The van der Waals surface area contributed by atoms with Gasteiger partial charge in [0.1, 0.15) is 5.75 Å². The molecule has 0 spiro atoms. The number of non-ortho nitro benzene ring substituents is 1. The molecule has 1 rings (SSSR count). The van der Waals surface area contributed by atoms with Gasteiger partial charge in [-0.15, -0.1) is 0 Å². The van der Waals surface area contributed by atoms with Crippen molar-refractivity contribution in [1.82, 2.24) is 0 Å². The van der Waals surface area contributed by atoms with Gasteiger partial charge in [0.05, 0.1) is 4.92 Å². The molecule has 0 amide bonds. The lowest BCUT2D eigenvalue weighted by atomic mass is 10.3. The van der Waals surface area contributed by atoms with E-state index < -0.39 is 27.6 Å². The number of hydrogen-bond donors (Lipinski definition) is 0. The zero-order chi connectivity index (χ0) is 18.0. The van der Waals surface area contributed by atoms with Gasteiger partial charge < -0.3 is 14.2 Å². The Bertz CT molecular complexity index is 534. The molecule has 8 nitrogen and oxygen atoms in total. The Labute approximate surface area is 146 Å². The number of carbonyl (C=O) groups is 2. The molecule has 0 aliphatic rings. The van der Waals surface area contributed by atoms with Gasteiger partial charge in [0.2, 0.25) is 0 Å². The molecule has 2 unspecified atom stereocenters. The van der Waals surface area contributed by atoms with E-state index in [-0.39, 0.29) is 11.4 Å². The zero-order valence-corrected chi connectivity index (χ0v) is 14.2. The van der Waals surface area contributed by atoms with Crippen molar-refractivity contribution in [2.24, 2.45) is 0 Å². The highest BCUT2D eigenvalue weighted by molar-refractivity contribution is 6.61. The van der Waals surface area contributed by atoms with Crippen LogP contribution in [0.5, 0.6) is 5.75 Å². The topological polar surface area (TPSA) is 105 Å². The lowest BCUT2D eigenvalue weighted by molar-refractivity contribution is -0.384. The smallest absolute Gasteiger partial charge is 0.434 e. The highest BCUT2D eigenvalue weighted by Crippen LogP contribution is 2.17. The third kappa shape index (κ3) is 11.5. The lowest BCUT2D eigenvalue weighted by Gasteiger charge is -2.06. The van der Waals surface area contributed by atoms with Crippen LogP contribution in [0.15, 0.2) is 24.3 Å². The normalized spacial score (nSPS) is 12.0. The average Bonchev–Trinajstić information content (AvgIpc) is 2.37. The van der Waals surface area contributed by atoms with Crippen molar-refractivity contribution in [1.29, 1.82) is 0 Å². The van der Waals surface area contributed by atoms with Crippen LogP contribution in [0.2, 0.25) is 0 Å². The molecular weight excluding hydrogens is 376 g/mol. The maximum absolute atomic E-state index is 11.0. The minimum Gasteiger partial charge on any atom is -0.434 e. The molecule has 0 radical (unpaired) electrons. The van der Waals surface area contributed by atoms with E-state index in [9.17, 15) is 19.7 Å². The summed E-state index contributed by atoms with van der Waals surface area (Å²) < 4.78 is 13.3. The molecule has 0 heterocycles. The molecule has 0 saturated heterocycles. The predicted molar refractivity (Wildman–Crippen MR) is 83.2 cm³/mol. The van der Waals surface area contributed by atoms with Crippen LogP contribution in [0.4, 0.5) is 15.3 Å². The molecule has 0 aliphatic carbocycles. The molecule has 23 heavy (non-hydrogen) atoms. The summed E-state index contributed by atoms with van der Waals surface area (Å²) in [6.45, 7) is 2.96. The van der Waals surface area contributed by atoms with E-state index in [4.69, 9.17) is 39.5 Å². The first-order valence-corrected chi connectivity index (χ1v) is 7.14. The molecule has 11 heteroatoms. The van der Waals surface area contributed by atoms with Gasteiger partial charge in [-0.05, 0) is 26.0 Å². The summed E-state index contributed by atoms with van der Waals surface area (Å²) in [4.78, 5) is 30.5. The molecule has 128 valence electrons. The minimum absolute atomic E-state index is 0.0913. The maximum atomic E-state index is 11.0. The molecule has 0 N–H and O–H groups in total. The number of ether oxygens (including phenoxy) is 3. The standard InChI is InChI=1S/C9H8ClNO5.C3H4Cl2O2/c1-6(10)15-9(12)16-8-4-2-7(3-5-8)11(13)14;1-2(4)7-3(5)6/h2-6H,1H3;2H,1H3. The Balaban J connectivity index is 0.000000585. The van der Waals surface area contributed by atoms with Crippen molar-refractivity contribution in [3.63, 3.8) is 0 Å². The summed E-state index contributed by atoms with van der Waals surface area (Å²) in [6.07, 6.45) is -0.962. The Hall–Kier alpha value is -1.77. The molecule has 0 saturated carbocycles. The summed E-state index contributed by atoms with van der Waals surface area (Å²) in [7, 11) is 0. The summed E-state index contributed by atoms with van der Waals surface area (Å²) in [5.74, 6) is 0.146. The van der Waals surface area contributed by atoms with Gasteiger partial charge in [0.15, 0.2) is 11.1 Å².